The Morgan fingerprint density at radius 3 is 3.06 bits per heavy atom. The average Bonchev–Trinajstić information content (AvgIpc) is 2.81. The van der Waals surface area contributed by atoms with Crippen LogP contribution in [0.2, 0.25) is 5.02 Å². The molecule has 1 aliphatic rings. The lowest BCUT2D eigenvalue weighted by Gasteiger charge is -2.14. The third-order valence-corrected chi connectivity index (χ3v) is 3.87. The topological polar surface area (TPSA) is 24.9 Å². The Hall–Kier alpha value is -1.38. The van der Waals surface area contributed by atoms with Crippen LogP contribution in [0.25, 0.3) is 0 Å². The molecule has 0 saturated carbocycles. The van der Waals surface area contributed by atoms with Crippen molar-refractivity contribution in [2.24, 2.45) is 0 Å². The fourth-order valence-electron chi connectivity index (χ4n) is 2.55. The number of benzene rings is 1. The number of nitrogens with one attached hydrogen (secondary N) is 1. The van der Waals surface area contributed by atoms with Gasteiger partial charge in [-0.3, -0.25) is 4.98 Å². The average molecular weight is 259 g/mol. The van der Waals surface area contributed by atoms with E-state index in [0.29, 0.717) is 6.04 Å². The van der Waals surface area contributed by atoms with Crippen LogP contribution in [-0.4, -0.2) is 4.98 Å². The van der Waals surface area contributed by atoms with Gasteiger partial charge in [0.05, 0.1) is 5.02 Å². The van der Waals surface area contributed by atoms with Crippen molar-refractivity contribution in [3.63, 3.8) is 0 Å². The van der Waals surface area contributed by atoms with Gasteiger partial charge in [0.15, 0.2) is 0 Å². The quantitative estimate of drug-likeness (QED) is 0.911. The smallest absolute Gasteiger partial charge is 0.0634 e. The molecule has 2 nitrogen and oxygen atoms in total. The first-order chi connectivity index (χ1) is 8.84. The lowest BCUT2D eigenvalue weighted by atomic mass is 10.1. The minimum Gasteiger partial charge on any atom is -0.306 e. The van der Waals surface area contributed by atoms with E-state index in [2.05, 4.69) is 34.6 Å². The van der Waals surface area contributed by atoms with Gasteiger partial charge in [0.25, 0.3) is 0 Å². The van der Waals surface area contributed by atoms with Crippen LogP contribution in [0.3, 0.4) is 0 Å². The van der Waals surface area contributed by atoms with Crippen LogP contribution in [0, 0.1) is 0 Å². The molecule has 3 rings (SSSR count). The van der Waals surface area contributed by atoms with Gasteiger partial charge in [-0.15, -0.1) is 0 Å². The highest BCUT2D eigenvalue weighted by Gasteiger charge is 2.21. The van der Waals surface area contributed by atoms with Crippen LogP contribution in [0.15, 0.2) is 42.7 Å². The van der Waals surface area contributed by atoms with Crippen LogP contribution in [0.4, 0.5) is 0 Å². The Morgan fingerprint density at radius 1 is 1.28 bits per heavy atom. The molecule has 1 unspecified atom stereocenters. The summed E-state index contributed by atoms with van der Waals surface area (Å²) in [6, 6.07) is 11.1. The van der Waals surface area contributed by atoms with Crippen LogP contribution < -0.4 is 5.32 Å². The summed E-state index contributed by atoms with van der Waals surface area (Å²) in [4.78, 5) is 4.00. The van der Waals surface area contributed by atoms with E-state index in [9.17, 15) is 0 Å². The standard InChI is InChI=1S/C15H15ClN2/c16-14-10-17-8-7-12(14)9-18-15-6-5-11-3-1-2-4-13(11)15/h1-4,7-8,10,15,18H,5-6,9H2. The molecule has 1 N–H and O–H groups in total. The lowest BCUT2D eigenvalue weighted by molar-refractivity contribution is 0.530. The molecule has 0 saturated heterocycles. The van der Waals surface area contributed by atoms with Gasteiger partial charge in [-0.2, -0.15) is 0 Å². The molecule has 1 atom stereocenters. The maximum Gasteiger partial charge on any atom is 0.0634 e. The SMILES string of the molecule is Clc1cnccc1CNC1CCc2ccccc21. The molecular formula is C15H15ClN2. The number of nitrogens with zero attached hydrogens (tertiary/aromatic N) is 1. The fraction of sp³-hybridized carbons (Fsp3) is 0.267. The first-order valence-electron chi connectivity index (χ1n) is 6.24. The lowest BCUT2D eigenvalue weighted by Crippen LogP contribution is -2.18. The van der Waals surface area contributed by atoms with E-state index in [-0.39, 0.29) is 0 Å². The van der Waals surface area contributed by atoms with Gasteiger partial charge in [-0.1, -0.05) is 35.9 Å². The Kier molecular flexibility index (Phi) is 3.31. The number of fused-ring (bicyclic) bond motifs is 1. The largest absolute Gasteiger partial charge is 0.306 e. The van der Waals surface area contributed by atoms with E-state index in [0.717, 1.165) is 23.6 Å². The van der Waals surface area contributed by atoms with E-state index in [1.54, 1.807) is 12.4 Å². The molecule has 0 fully saturated rings. The Balaban J connectivity index is 1.71. The second kappa shape index (κ2) is 5.09. The molecule has 0 aliphatic heterocycles. The number of rotatable bonds is 3. The predicted molar refractivity (Wildman–Crippen MR) is 73.6 cm³/mol. The van der Waals surface area contributed by atoms with Gasteiger partial charge in [0.2, 0.25) is 0 Å². The van der Waals surface area contributed by atoms with E-state index in [4.69, 9.17) is 11.6 Å². The Morgan fingerprint density at radius 2 is 2.17 bits per heavy atom. The summed E-state index contributed by atoms with van der Waals surface area (Å²) in [5, 5.41) is 4.32. The van der Waals surface area contributed by atoms with Gasteiger partial charge in [0, 0.05) is 25.0 Å². The molecule has 1 aromatic heterocycles. The van der Waals surface area contributed by atoms with Crippen molar-refractivity contribution in [2.45, 2.75) is 25.4 Å². The van der Waals surface area contributed by atoms with E-state index in [1.165, 1.54) is 17.5 Å². The highest BCUT2D eigenvalue weighted by molar-refractivity contribution is 6.31. The van der Waals surface area contributed by atoms with Crippen molar-refractivity contribution < 1.29 is 0 Å². The molecule has 0 bridgehead atoms. The maximum absolute atomic E-state index is 6.11. The van der Waals surface area contributed by atoms with Gasteiger partial charge in [-0.25, -0.2) is 0 Å². The van der Waals surface area contributed by atoms with E-state index < -0.39 is 0 Å². The van der Waals surface area contributed by atoms with Crippen LogP contribution in [0.5, 0.6) is 0 Å². The highest BCUT2D eigenvalue weighted by atomic mass is 35.5. The maximum atomic E-state index is 6.11. The van der Waals surface area contributed by atoms with Crippen molar-refractivity contribution in [2.75, 3.05) is 0 Å². The molecule has 3 heteroatoms. The molecule has 2 aromatic rings. The molecular weight excluding hydrogens is 244 g/mol. The van der Waals surface area contributed by atoms with Crippen LogP contribution >= 0.6 is 11.6 Å². The summed E-state index contributed by atoms with van der Waals surface area (Å²) in [5.74, 6) is 0. The first kappa shape index (κ1) is 11.7. The summed E-state index contributed by atoms with van der Waals surface area (Å²) < 4.78 is 0. The van der Waals surface area contributed by atoms with Crippen molar-refractivity contribution in [3.8, 4) is 0 Å². The van der Waals surface area contributed by atoms with Crippen molar-refractivity contribution in [1.29, 1.82) is 0 Å². The third-order valence-electron chi connectivity index (χ3n) is 3.53. The fourth-order valence-corrected chi connectivity index (χ4v) is 2.74. The van der Waals surface area contributed by atoms with Crippen LogP contribution in [0.1, 0.15) is 29.2 Å². The molecule has 0 radical (unpaired) electrons. The molecule has 0 amide bonds. The zero-order valence-electron chi connectivity index (χ0n) is 10.1. The second-order valence-corrected chi connectivity index (χ2v) is 5.05. The van der Waals surface area contributed by atoms with Gasteiger partial charge >= 0.3 is 0 Å². The second-order valence-electron chi connectivity index (χ2n) is 4.64. The Bertz CT molecular complexity index is 554. The molecule has 0 spiro atoms. The Labute approximate surface area is 112 Å². The highest BCUT2D eigenvalue weighted by Crippen LogP contribution is 2.31. The normalized spacial score (nSPS) is 17.7. The number of hydrogen-bond donors (Lipinski definition) is 1. The van der Waals surface area contributed by atoms with Gasteiger partial charge in [-0.05, 0) is 35.6 Å². The number of aryl methyl sites for hydroxylation is 1. The molecule has 1 aliphatic carbocycles. The van der Waals surface area contributed by atoms with Crippen molar-refractivity contribution in [3.05, 3.63) is 64.4 Å². The molecule has 1 aromatic carbocycles. The number of aromatic nitrogens is 1. The van der Waals surface area contributed by atoms with Gasteiger partial charge < -0.3 is 5.32 Å². The summed E-state index contributed by atoms with van der Waals surface area (Å²) in [6.45, 7) is 0.792. The van der Waals surface area contributed by atoms with Crippen LogP contribution in [-0.2, 0) is 13.0 Å². The molecule has 92 valence electrons. The summed E-state index contributed by atoms with van der Waals surface area (Å²) >= 11 is 6.11. The number of pyridine rings is 1. The first-order valence-corrected chi connectivity index (χ1v) is 6.62. The zero-order chi connectivity index (χ0) is 12.4. The monoisotopic (exact) mass is 258 g/mol. The minimum atomic E-state index is 0.449. The van der Waals surface area contributed by atoms with E-state index in [1.807, 2.05) is 6.07 Å². The van der Waals surface area contributed by atoms with E-state index >= 15 is 0 Å². The molecule has 1 heterocycles. The van der Waals surface area contributed by atoms with Crippen molar-refractivity contribution >= 4 is 11.6 Å². The summed E-state index contributed by atoms with van der Waals surface area (Å²) in [5.41, 5.74) is 4.01. The zero-order valence-corrected chi connectivity index (χ0v) is 10.8. The number of hydrogen-bond acceptors (Lipinski definition) is 2. The summed E-state index contributed by atoms with van der Waals surface area (Å²) in [6.07, 6.45) is 5.81. The van der Waals surface area contributed by atoms with Crippen molar-refractivity contribution in [1.82, 2.24) is 10.3 Å². The molecule has 18 heavy (non-hydrogen) atoms. The minimum absolute atomic E-state index is 0.449. The van der Waals surface area contributed by atoms with Gasteiger partial charge in [0.1, 0.15) is 0 Å². The predicted octanol–water partition coefficient (Wildman–Crippen LogP) is 3.51. The summed E-state index contributed by atoms with van der Waals surface area (Å²) in [7, 11) is 0. The third kappa shape index (κ3) is 2.26. The number of halogens is 1.